The molecule has 4 nitrogen and oxygen atoms in total. The molecule has 0 bridgehead atoms. The van der Waals surface area contributed by atoms with Crippen LogP contribution in [0.1, 0.15) is 31.7 Å². The van der Waals surface area contributed by atoms with Gasteiger partial charge < -0.3 is 4.90 Å². The SMILES string of the molecule is CCCCCN(C)Cc1ccc(Cl)c([N+](=O)[O-])c1. The minimum atomic E-state index is -0.442. The molecule has 0 saturated carbocycles. The quantitative estimate of drug-likeness (QED) is 0.429. The maximum absolute atomic E-state index is 10.8. The third kappa shape index (κ3) is 4.63. The lowest BCUT2D eigenvalue weighted by Gasteiger charge is -2.16. The van der Waals surface area contributed by atoms with Crippen molar-refractivity contribution >= 4 is 17.3 Å². The Morgan fingerprint density at radius 1 is 1.39 bits per heavy atom. The van der Waals surface area contributed by atoms with Crippen LogP contribution in [0.15, 0.2) is 18.2 Å². The average Bonchev–Trinajstić information content (AvgIpc) is 2.31. The molecule has 0 amide bonds. The van der Waals surface area contributed by atoms with Crippen LogP contribution in [0.2, 0.25) is 5.02 Å². The smallest absolute Gasteiger partial charge is 0.288 e. The summed E-state index contributed by atoms with van der Waals surface area (Å²) in [5.41, 5.74) is 0.904. The number of unbranched alkanes of at least 4 members (excludes halogenated alkanes) is 2. The standard InChI is InChI=1S/C13H19ClN2O2/c1-3-4-5-8-15(2)10-11-6-7-12(14)13(9-11)16(17)18/h6-7,9H,3-5,8,10H2,1-2H3. The third-order valence-electron chi connectivity index (χ3n) is 2.80. The molecule has 0 N–H and O–H groups in total. The first-order valence-electron chi connectivity index (χ1n) is 6.16. The molecule has 1 aromatic carbocycles. The molecule has 5 heteroatoms. The molecule has 0 aliphatic heterocycles. The van der Waals surface area contributed by atoms with Crippen molar-refractivity contribution in [2.24, 2.45) is 0 Å². The van der Waals surface area contributed by atoms with Gasteiger partial charge >= 0.3 is 0 Å². The van der Waals surface area contributed by atoms with Gasteiger partial charge in [0.25, 0.3) is 5.69 Å². The van der Waals surface area contributed by atoms with E-state index in [9.17, 15) is 10.1 Å². The number of rotatable bonds is 7. The molecule has 0 fully saturated rings. The predicted molar refractivity (Wildman–Crippen MR) is 74.0 cm³/mol. The van der Waals surface area contributed by atoms with E-state index in [4.69, 9.17) is 11.6 Å². The molecule has 0 unspecified atom stereocenters. The molecular formula is C13H19ClN2O2. The number of nitro groups is 1. The summed E-state index contributed by atoms with van der Waals surface area (Å²) >= 11 is 5.77. The van der Waals surface area contributed by atoms with Crippen LogP contribution in [-0.4, -0.2) is 23.4 Å². The van der Waals surface area contributed by atoms with Crippen molar-refractivity contribution in [3.05, 3.63) is 38.9 Å². The van der Waals surface area contributed by atoms with Gasteiger partial charge in [0.15, 0.2) is 0 Å². The lowest BCUT2D eigenvalue weighted by molar-refractivity contribution is -0.384. The Balaban J connectivity index is 2.62. The van der Waals surface area contributed by atoms with Gasteiger partial charge in [0, 0.05) is 12.6 Å². The molecule has 0 saturated heterocycles. The van der Waals surface area contributed by atoms with Gasteiger partial charge in [-0.3, -0.25) is 10.1 Å². The Labute approximate surface area is 113 Å². The lowest BCUT2D eigenvalue weighted by Crippen LogP contribution is -2.19. The summed E-state index contributed by atoms with van der Waals surface area (Å²) in [6.45, 7) is 3.88. The van der Waals surface area contributed by atoms with E-state index in [1.165, 1.54) is 12.8 Å². The third-order valence-corrected chi connectivity index (χ3v) is 3.12. The second-order valence-corrected chi connectivity index (χ2v) is 4.89. The zero-order chi connectivity index (χ0) is 13.5. The summed E-state index contributed by atoms with van der Waals surface area (Å²) in [6.07, 6.45) is 3.56. The Morgan fingerprint density at radius 3 is 2.72 bits per heavy atom. The number of benzene rings is 1. The van der Waals surface area contributed by atoms with E-state index >= 15 is 0 Å². The molecule has 0 atom stereocenters. The fourth-order valence-corrected chi connectivity index (χ4v) is 2.01. The van der Waals surface area contributed by atoms with E-state index in [2.05, 4.69) is 11.8 Å². The van der Waals surface area contributed by atoms with Crippen LogP contribution in [0.25, 0.3) is 0 Å². The van der Waals surface area contributed by atoms with Crippen molar-refractivity contribution < 1.29 is 4.92 Å². The average molecular weight is 271 g/mol. The minimum absolute atomic E-state index is 0.0175. The number of nitrogens with zero attached hydrogens (tertiary/aromatic N) is 2. The molecule has 0 heterocycles. The normalized spacial score (nSPS) is 10.9. The molecule has 1 rings (SSSR count). The Hall–Kier alpha value is -1.13. The van der Waals surface area contributed by atoms with E-state index < -0.39 is 4.92 Å². The van der Waals surface area contributed by atoms with Crippen LogP contribution in [-0.2, 0) is 6.54 Å². The Morgan fingerprint density at radius 2 is 2.11 bits per heavy atom. The highest BCUT2D eigenvalue weighted by molar-refractivity contribution is 6.32. The largest absolute Gasteiger partial charge is 0.302 e. The van der Waals surface area contributed by atoms with Crippen molar-refractivity contribution in [1.29, 1.82) is 0 Å². The highest BCUT2D eigenvalue weighted by atomic mass is 35.5. The minimum Gasteiger partial charge on any atom is -0.302 e. The van der Waals surface area contributed by atoms with E-state index in [0.29, 0.717) is 6.54 Å². The summed E-state index contributed by atoms with van der Waals surface area (Å²) < 4.78 is 0. The molecule has 0 aliphatic rings. The highest BCUT2D eigenvalue weighted by Gasteiger charge is 2.13. The maximum atomic E-state index is 10.8. The van der Waals surface area contributed by atoms with Crippen LogP contribution < -0.4 is 0 Å². The summed E-state index contributed by atoms with van der Waals surface area (Å²) in [7, 11) is 2.02. The van der Waals surface area contributed by atoms with E-state index in [0.717, 1.165) is 18.5 Å². The van der Waals surface area contributed by atoms with Crippen molar-refractivity contribution in [2.45, 2.75) is 32.7 Å². The fourth-order valence-electron chi connectivity index (χ4n) is 1.82. The molecule has 0 aromatic heterocycles. The number of hydrogen-bond donors (Lipinski definition) is 0. The Bertz CT molecular complexity index is 410. The van der Waals surface area contributed by atoms with Gasteiger partial charge in [-0.25, -0.2) is 0 Å². The summed E-state index contributed by atoms with van der Waals surface area (Å²) in [5.74, 6) is 0. The second-order valence-electron chi connectivity index (χ2n) is 4.49. The number of nitro benzene ring substituents is 1. The number of hydrogen-bond acceptors (Lipinski definition) is 3. The van der Waals surface area contributed by atoms with Gasteiger partial charge in [-0.05, 0) is 31.6 Å². The molecule has 18 heavy (non-hydrogen) atoms. The van der Waals surface area contributed by atoms with Gasteiger partial charge in [-0.1, -0.05) is 37.4 Å². The zero-order valence-corrected chi connectivity index (χ0v) is 11.6. The monoisotopic (exact) mass is 270 g/mol. The van der Waals surface area contributed by atoms with Crippen LogP contribution in [0.4, 0.5) is 5.69 Å². The number of halogens is 1. The summed E-state index contributed by atoms with van der Waals surface area (Å²) in [4.78, 5) is 12.5. The molecular weight excluding hydrogens is 252 g/mol. The van der Waals surface area contributed by atoms with Crippen LogP contribution in [0.5, 0.6) is 0 Å². The highest BCUT2D eigenvalue weighted by Crippen LogP contribution is 2.25. The van der Waals surface area contributed by atoms with Crippen LogP contribution in [0.3, 0.4) is 0 Å². The topological polar surface area (TPSA) is 46.4 Å². The molecule has 0 radical (unpaired) electrons. The molecule has 0 spiro atoms. The molecule has 100 valence electrons. The first-order valence-corrected chi connectivity index (χ1v) is 6.53. The van der Waals surface area contributed by atoms with Gasteiger partial charge in [0.05, 0.1) is 4.92 Å². The molecule has 0 aliphatic carbocycles. The van der Waals surface area contributed by atoms with Crippen molar-refractivity contribution in [1.82, 2.24) is 4.90 Å². The van der Waals surface area contributed by atoms with Crippen LogP contribution in [0, 0.1) is 10.1 Å². The van der Waals surface area contributed by atoms with Gasteiger partial charge in [-0.2, -0.15) is 0 Å². The van der Waals surface area contributed by atoms with E-state index in [1.54, 1.807) is 12.1 Å². The first-order chi connectivity index (χ1) is 8.54. The van der Waals surface area contributed by atoms with Crippen molar-refractivity contribution in [3.63, 3.8) is 0 Å². The maximum Gasteiger partial charge on any atom is 0.288 e. The first kappa shape index (κ1) is 14.9. The predicted octanol–water partition coefficient (Wildman–Crippen LogP) is 3.87. The van der Waals surface area contributed by atoms with Gasteiger partial charge in [-0.15, -0.1) is 0 Å². The molecule has 1 aromatic rings. The fraction of sp³-hybridized carbons (Fsp3) is 0.538. The zero-order valence-electron chi connectivity index (χ0n) is 10.9. The van der Waals surface area contributed by atoms with Crippen molar-refractivity contribution in [3.8, 4) is 0 Å². The summed E-state index contributed by atoms with van der Waals surface area (Å²) in [5, 5.41) is 11.0. The second kappa shape index (κ2) is 7.34. The van der Waals surface area contributed by atoms with Gasteiger partial charge in [0.1, 0.15) is 5.02 Å². The van der Waals surface area contributed by atoms with E-state index in [-0.39, 0.29) is 10.7 Å². The van der Waals surface area contributed by atoms with Crippen LogP contribution >= 0.6 is 11.6 Å². The van der Waals surface area contributed by atoms with Gasteiger partial charge in [0.2, 0.25) is 0 Å². The Kier molecular flexibility index (Phi) is 6.09. The van der Waals surface area contributed by atoms with E-state index in [1.807, 2.05) is 13.1 Å². The lowest BCUT2D eigenvalue weighted by atomic mass is 10.2. The summed E-state index contributed by atoms with van der Waals surface area (Å²) in [6, 6.07) is 4.99. The van der Waals surface area contributed by atoms with Crippen molar-refractivity contribution in [2.75, 3.05) is 13.6 Å².